The number of nitrogens with one attached hydrogen (secondary N) is 1. The second-order valence-corrected chi connectivity index (χ2v) is 4.61. The summed E-state index contributed by atoms with van der Waals surface area (Å²) in [5.41, 5.74) is 2.41. The first-order valence-corrected chi connectivity index (χ1v) is 6.28. The van der Waals surface area contributed by atoms with Crippen molar-refractivity contribution < 1.29 is 0 Å². The van der Waals surface area contributed by atoms with Crippen LogP contribution >= 0.6 is 0 Å². The van der Waals surface area contributed by atoms with Crippen LogP contribution in [-0.2, 0) is 7.05 Å². The number of pyridine rings is 1. The van der Waals surface area contributed by atoms with Crippen molar-refractivity contribution in [3.63, 3.8) is 0 Å². The van der Waals surface area contributed by atoms with Crippen LogP contribution < -0.4 is 5.32 Å². The maximum atomic E-state index is 4.26. The Hall–Kier alpha value is -2.20. The molecular weight excluding hydrogens is 236 g/mol. The second kappa shape index (κ2) is 4.82. The zero-order valence-electron chi connectivity index (χ0n) is 11.0. The van der Waals surface area contributed by atoms with E-state index in [0.29, 0.717) is 0 Å². The predicted octanol–water partition coefficient (Wildman–Crippen LogP) is 2.28. The molecule has 0 bridgehead atoms. The molecule has 0 fully saturated rings. The normalized spacial score (nSPS) is 12.7. The molecule has 0 aliphatic heterocycles. The first-order chi connectivity index (χ1) is 9.29. The van der Waals surface area contributed by atoms with Crippen LogP contribution in [0.15, 0.2) is 49.1 Å². The molecule has 4 heteroatoms. The molecule has 2 aromatic heterocycles. The highest BCUT2D eigenvalue weighted by molar-refractivity contribution is 5.85. The number of aryl methyl sites for hydroxylation is 1. The highest BCUT2D eigenvalue weighted by Crippen LogP contribution is 2.27. The zero-order valence-corrected chi connectivity index (χ0v) is 11.0. The average molecular weight is 252 g/mol. The summed E-state index contributed by atoms with van der Waals surface area (Å²) in [6.45, 7) is 0. The summed E-state index contributed by atoms with van der Waals surface area (Å²) in [5, 5.41) is 10.0. The minimum atomic E-state index is 0.139. The van der Waals surface area contributed by atoms with E-state index in [1.807, 2.05) is 43.6 Å². The van der Waals surface area contributed by atoms with Crippen molar-refractivity contribution in [2.75, 3.05) is 7.05 Å². The Morgan fingerprint density at radius 2 is 2.11 bits per heavy atom. The number of fused-ring (bicyclic) bond motifs is 1. The molecule has 0 saturated heterocycles. The number of aromatic nitrogens is 3. The molecule has 96 valence electrons. The minimum Gasteiger partial charge on any atom is -0.309 e. The second-order valence-electron chi connectivity index (χ2n) is 4.61. The summed E-state index contributed by atoms with van der Waals surface area (Å²) < 4.78 is 1.83. The van der Waals surface area contributed by atoms with Gasteiger partial charge in [0.1, 0.15) is 0 Å². The van der Waals surface area contributed by atoms with E-state index in [9.17, 15) is 0 Å². The van der Waals surface area contributed by atoms with E-state index in [0.717, 1.165) is 10.9 Å². The molecule has 0 aliphatic rings. The fourth-order valence-corrected chi connectivity index (χ4v) is 2.49. The van der Waals surface area contributed by atoms with Crippen LogP contribution in [0, 0.1) is 0 Å². The van der Waals surface area contributed by atoms with Gasteiger partial charge in [0.25, 0.3) is 0 Å². The monoisotopic (exact) mass is 252 g/mol. The number of nitrogens with zero attached hydrogens (tertiary/aromatic N) is 3. The predicted molar refractivity (Wildman–Crippen MR) is 75.9 cm³/mol. The van der Waals surface area contributed by atoms with Gasteiger partial charge in [-0.3, -0.25) is 9.67 Å². The van der Waals surface area contributed by atoms with Crippen LogP contribution in [0.25, 0.3) is 10.8 Å². The van der Waals surface area contributed by atoms with Gasteiger partial charge in [-0.2, -0.15) is 5.10 Å². The summed E-state index contributed by atoms with van der Waals surface area (Å²) in [7, 11) is 3.90. The Kier molecular flexibility index (Phi) is 3.01. The van der Waals surface area contributed by atoms with Crippen LogP contribution in [0.1, 0.15) is 17.2 Å². The molecular formula is C15H16N4. The lowest BCUT2D eigenvalue weighted by molar-refractivity contribution is 0.694. The van der Waals surface area contributed by atoms with Crippen molar-refractivity contribution in [3.05, 3.63) is 60.2 Å². The molecule has 0 saturated carbocycles. The summed E-state index contributed by atoms with van der Waals surface area (Å²) in [6, 6.07) is 8.50. The summed E-state index contributed by atoms with van der Waals surface area (Å²) in [5.74, 6) is 0. The van der Waals surface area contributed by atoms with E-state index in [1.165, 1.54) is 10.9 Å². The Labute approximate surface area is 112 Å². The van der Waals surface area contributed by atoms with Crippen molar-refractivity contribution in [2.24, 2.45) is 7.05 Å². The first-order valence-electron chi connectivity index (χ1n) is 6.28. The van der Waals surface area contributed by atoms with Crippen molar-refractivity contribution in [1.29, 1.82) is 0 Å². The van der Waals surface area contributed by atoms with Gasteiger partial charge in [0, 0.05) is 36.6 Å². The molecule has 0 radical (unpaired) electrons. The lowest BCUT2D eigenvalue weighted by atomic mass is 9.96. The third-order valence-corrected chi connectivity index (χ3v) is 3.37. The van der Waals surface area contributed by atoms with Gasteiger partial charge in [-0.1, -0.05) is 18.2 Å². The summed E-state index contributed by atoms with van der Waals surface area (Å²) >= 11 is 0. The van der Waals surface area contributed by atoms with Crippen LogP contribution in [0.5, 0.6) is 0 Å². The van der Waals surface area contributed by atoms with E-state index in [4.69, 9.17) is 0 Å². The van der Waals surface area contributed by atoms with E-state index in [2.05, 4.69) is 39.7 Å². The molecule has 3 rings (SSSR count). The molecule has 1 unspecified atom stereocenters. The molecule has 19 heavy (non-hydrogen) atoms. The molecule has 4 nitrogen and oxygen atoms in total. The van der Waals surface area contributed by atoms with Crippen molar-refractivity contribution >= 4 is 10.8 Å². The fraction of sp³-hybridized carbons (Fsp3) is 0.200. The highest BCUT2D eigenvalue weighted by atomic mass is 15.2. The molecule has 0 spiro atoms. The summed E-state index contributed by atoms with van der Waals surface area (Å²) in [6.07, 6.45) is 7.68. The number of hydrogen-bond acceptors (Lipinski definition) is 3. The fourth-order valence-electron chi connectivity index (χ4n) is 2.49. The SMILES string of the molecule is CNC(c1cnn(C)c1)c1cccc2cnccc12. The van der Waals surface area contributed by atoms with Crippen molar-refractivity contribution in [1.82, 2.24) is 20.1 Å². The number of hydrogen-bond donors (Lipinski definition) is 1. The van der Waals surface area contributed by atoms with Gasteiger partial charge in [0.05, 0.1) is 12.2 Å². The van der Waals surface area contributed by atoms with Gasteiger partial charge < -0.3 is 5.32 Å². The standard InChI is InChI=1S/C15H16N4/c1-16-15(12-9-18-19(2)10-12)14-5-3-4-11-8-17-7-6-13(11)14/h3-10,15-16H,1-2H3. The lowest BCUT2D eigenvalue weighted by Crippen LogP contribution is -2.17. The van der Waals surface area contributed by atoms with Gasteiger partial charge >= 0.3 is 0 Å². The summed E-state index contributed by atoms with van der Waals surface area (Å²) in [4.78, 5) is 4.18. The van der Waals surface area contributed by atoms with E-state index >= 15 is 0 Å². The number of benzene rings is 1. The lowest BCUT2D eigenvalue weighted by Gasteiger charge is -2.17. The molecule has 0 amide bonds. The first kappa shape index (κ1) is 11.9. The quantitative estimate of drug-likeness (QED) is 0.777. The maximum absolute atomic E-state index is 4.26. The molecule has 1 N–H and O–H groups in total. The van der Waals surface area contributed by atoms with Gasteiger partial charge in [0.15, 0.2) is 0 Å². The van der Waals surface area contributed by atoms with Gasteiger partial charge in [0.2, 0.25) is 0 Å². The maximum Gasteiger partial charge on any atom is 0.0611 e. The highest BCUT2D eigenvalue weighted by Gasteiger charge is 2.15. The Morgan fingerprint density at radius 1 is 1.21 bits per heavy atom. The molecule has 1 atom stereocenters. The third kappa shape index (κ3) is 2.11. The van der Waals surface area contributed by atoms with Crippen LogP contribution in [0.2, 0.25) is 0 Å². The Bertz CT molecular complexity index is 697. The Balaban J connectivity index is 2.16. The third-order valence-electron chi connectivity index (χ3n) is 3.37. The van der Waals surface area contributed by atoms with Crippen LogP contribution in [-0.4, -0.2) is 21.8 Å². The number of rotatable bonds is 3. The van der Waals surface area contributed by atoms with Crippen molar-refractivity contribution in [3.8, 4) is 0 Å². The van der Waals surface area contributed by atoms with Gasteiger partial charge in [-0.25, -0.2) is 0 Å². The zero-order chi connectivity index (χ0) is 13.2. The minimum absolute atomic E-state index is 0.139. The molecule has 2 heterocycles. The smallest absolute Gasteiger partial charge is 0.0611 e. The van der Waals surface area contributed by atoms with Crippen LogP contribution in [0.4, 0.5) is 0 Å². The van der Waals surface area contributed by atoms with Gasteiger partial charge in [-0.15, -0.1) is 0 Å². The van der Waals surface area contributed by atoms with E-state index < -0.39 is 0 Å². The van der Waals surface area contributed by atoms with E-state index in [1.54, 1.807) is 0 Å². The van der Waals surface area contributed by atoms with Crippen LogP contribution in [0.3, 0.4) is 0 Å². The molecule has 3 aromatic rings. The van der Waals surface area contributed by atoms with Crippen molar-refractivity contribution in [2.45, 2.75) is 6.04 Å². The van der Waals surface area contributed by atoms with E-state index in [-0.39, 0.29) is 6.04 Å². The largest absolute Gasteiger partial charge is 0.309 e. The average Bonchev–Trinajstić information content (AvgIpc) is 2.86. The Morgan fingerprint density at radius 3 is 2.84 bits per heavy atom. The van der Waals surface area contributed by atoms with Gasteiger partial charge in [-0.05, 0) is 24.1 Å². The molecule has 0 aliphatic carbocycles. The molecule has 1 aromatic carbocycles. The topological polar surface area (TPSA) is 42.7 Å².